The first-order valence-corrected chi connectivity index (χ1v) is 10.4. The maximum absolute atomic E-state index is 12.9. The van der Waals surface area contributed by atoms with Gasteiger partial charge in [-0.2, -0.15) is 0 Å². The Morgan fingerprint density at radius 3 is 2.31 bits per heavy atom. The monoisotopic (exact) mass is 414 g/mol. The number of hydrogen-bond donors (Lipinski definition) is 3. The number of nitrogens with one attached hydrogen (secondary N) is 3. The van der Waals surface area contributed by atoms with Crippen molar-refractivity contribution in [3.8, 4) is 0 Å². The minimum absolute atomic E-state index is 0.0822. The zero-order valence-electron chi connectivity index (χ0n) is 16.8. The van der Waals surface area contributed by atoms with Gasteiger partial charge in [0, 0.05) is 41.2 Å². The topological polar surface area (TPSA) is 73.5 Å². The van der Waals surface area contributed by atoms with Crippen molar-refractivity contribution >= 4 is 40.6 Å². The Labute approximate surface area is 176 Å². The van der Waals surface area contributed by atoms with Crippen LogP contribution in [-0.2, 0) is 0 Å². The molecule has 1 aliphatic rings. The van der Waals surface area contributed by atoms with Crippen LogP contribution in [0.2, 0.25) is 5.02 Å². The molecule has 0 aromatic heterocycles. The molecule has 0 unspecified atom stereocenters. The van der Waals surface area contributed by atoms with Crippen LogP contribution in [0, 0.1) is 0 Å². The molecule has 0 saturated carbocycles. The fourth-order valence-electron chi connectivity index (χ4n) is 3.26. The number of halogens is 1. The van der Waals surface area contributed by atoms with Crippen LogP contribution in [0.15, 0.2) is 42.5 Å². The van der Waals surface area contributed by atoms with Crippen LogP contribution in [0.1, 0.15) is 43.5 Å². The Kier molecular flexibility index (Phi) is 6.99. The highest BCUT2D eigenvalue weighted by Gasteiger charge is 2.21. The van der Waals surface area contributed by atoms with E-state index in [4.69, 9.17) is 11.6 Å². The lowest BCUT2D eigenvalue weighted by Crippen LogP contribution is -2.33. The van der Waals surface area contributed by atoms with E-state index in [-0.39, 0.29) is 18.0 Å². The van der Waals surface area contributed by atoms with Crippen LogP contribution in [0.5, 0.6) is 0 Å². The molecule has 3 N–H and O–H groups in total. The van der Waals surface area contributed by atoms with Crippen molar-refractivity contribution in [3.63, 3.8) is 0 Å². The average Bonchev–Trinajstić information content (AvgIpc) is 3.24. The molecule has 154 valence electrons. The van der Waals surface area contributed by atoms with Crippen molar-refractivity contribution in [2.24, 2.45) is 0 Å². The predicted molar refractivity (Wildman–Crippen MR) is 119 cm³/mol. The summed E-state index contributed by atoms with van der Waals surface area (Å²) in [7, 11) is 0. The molecule has 2 aromatic rings. The van der Waals surface area contributed by atoms with Crippen LogP contribution < -0.4 is 20.9 Å². The van der Waals surface area contributed by atoms with Crippen molar-refractivity contribution in [3.05, 3.63) is 53.1 Å². The van der Waals surface area contributed by atoms with E-state index in [0.717, 1.165) is 38.0 Å². The summed E-state index contributed by atoms with van der Waals surface area (Å²) in [6, 6.07) is 12.1. The summed E-state index contributed by atoms with van der Waals surface area (Å²) in [5.74, 6) is -0.122. The molecule has 0 radical (unpaired) electrons. The molecule has 3 rings (SSSR count). The van der Waals surface area contributed by atoms with Crippen molar-refractivity contribution in [2.45, 2.75) is 39.2 Å². The summed E-state index contributed by atoms with van der Waals surface area (Å²) < 4.78 is 0. The van der Waals surface area contributed by atoms with E-state index in [1.165, 1.54) is 0 Å². The van der Waals surface area contributed by atoms with Crippen LogP contribution in [0.4, 0.5) is 21.9 Å². The molecular formula is C22H27ClN4O2. The highest BCUT2D eigenvalue weighted by atomic mass is 35.5. The van der Waals surface area contributed by atoms with Gasteiger partial charge in [-0.25, -0.2) is 4.79 Å². The van der Waals surface area contributed by atoms with Crippen molar-refractivity contribution in [1.29, 1.82) is 0 Å². The van der Waals surface area contributed by atoms with Crippen LogP contribution in [0.3, 0.4) is 0 Å². The molecule has 6 nitrogen and oxygen atoms in total. The zero-order valence-corrected chi connectivity index (χ0v) is 17.6. The maximum Gasteiger partial charge on any atom is 0.323 e. The van der Waals surface area contributed by atoms with Gasteiger partial charge in [0.15, 0.2) is 0 Å². The molecule has 1 heterocycles. The quantitative estimate of drug-likeness (QED) is 0.614. The smallest absolute Gasteiger partial charge is 0.323 e. The summed E-state index contributed by atoms with van der Waals surface area (Å²) in [5.41, 5.74) is 2.69. The van der Waals surface area contributed by atoms with Crippen molar-refractivity contribution in [2.75, 3.05) is 28.6 Å². The molecule has 0 spiro atoms. The summed E-state index contributed by atoms with van der Waals surface area (Å²) in [6.45, 7) is 5.89. The van der Waals surface area contributed by atoms with Crippen molar-refractivity contribution < 1.29 is 9.59 Å². The molecule has 1 aliphatic heterocycles. The third kappa shape index (κ3) is 5.64. The first kappa shape index (κ1) is 21.0. The van der Waals surface area contributed by atoms with Crippen molar-refractivity contribution in [1.82, 2.24) is 5.32 Å². The summed E-state index contributed by atoms with van der Waals surface area (Å²) >= 11 is 5.87. The molecule has 29 heavy (non-hydrogen) atoms. The average molecular weight is 415 g/mol. The van der Waals surface area contributed by atoms with E-state index in [9.17, 15) is 9.59 Å². The van der Waals surface area contributed by atoms with Gasteiger partial charge in [0.25, 0.3) is 5.91 Å². The van der Waals surface area contributed by atoms with E-state index < -0.39 is 0 Å². The summed E-state index contributed by atoms with van der Waals surface area (Å²) in [6.07, 6.45) is 3.10. The van der Waals surface area contributed by atoms with E-state index in [1.807, 2.05) is 26.0 Å². The Hall–Kier alpha value is -2.73. The Morgan fingerprint density at radius 2 is 1.66 bits per heavy atom. The molecule has 1 atom stereocenters. The number of hydrogen-bond acceptors (Lipinski definition) is 3. The fraction of sp³-hybridized carbons (Fsp3) is 0.364. The number of anilines is 3. The molecule has 1 saturated heterocycles. The van der Waals surface area contributed by atoms with Gasteiger partial charge in [-0.05, 0) is 68.7 Å². The van der Waals surface area contributed by atoms with Crippen LogP contribution >= 0.6 is 11.6 Å². The first-order valence-electron chi connectivity index (χ1n) is 9.99. The lowest BCUT2D eigenvalue weighted by atomic mass is 10.1. The predicted octanol–water partition coefficient (Wildman–Crippen LogP) is 5.11. The first-order chi connectivity index (χ1) is 14.0. The lowest BCUT2D eigenvalue weighted by molar-refractivity contribution is 0.0940. The number of amides is 3. The number of urea groups is 1. The van der Waals surface area contributed by atoms with Gasteiger partial charge in [0.2, 0.25) is 0 Å². The minimum Gasteiger partial charge on any atom is -0.371 e. The Balaban J connectivity index is 1.77. The van der Waals surface area contributed by atoms with E-state index >= 15 is 0 Å². The number of rotatable bonds is 6. The minimum atomic E-state index is -0.380. The van der Waals surface area contributed by atoms with Gasteiger partial charge >= 0.3 is 6.03 Å². The second kappa shape index (κ2) is 9.65. The van der Waals surface area contributed by atoms with Gasteiger partial charge in [-0.15, -0.1) is 0 Å². The standard InChI is InChI=1S/C22H27ClN4O2/c1-3-15(2)24-21(28)19-14-18(10-11-20(19)27-12-4-5-13-27)26-22(29)25-17-8-6-16(23)7-9-17/h6-11,14-15H,3-5,12-13H2,1-2H3,(H,24,28)(H2,25,26,29)/t15-/m1/s1. The molecule has 2 aromatic carbocycles. The molecule has 3 amide bonds. The number of carbonyl (C=O) groups excluding carboxylic acids is 2. The summed E-state index contributed by atoms with van der Waals surface area (Å²) in [5, 5.41) is 9.19. The largest absolute Gasteiger partial charge is 0.371 e. The Bertz CT molecular complexity index is 864. The normalized spacial score (nSPS) is 14.4. The second-order valence-corrected chi connectivity index (χ2v) is 7.73. The molecule has 7 heteroatoms. The van der Waals surface area contributed by atoms with Gasteiger partial charge in [-0.1, -0.05) is 18.5 Å². The number of nitrogens with zero attached hydrogens (tertiary/aromatic N) is 1. The number of benzene rings is 2. The summed E-state index contributed by atoms with van der Waals surface area (Å²) in [4.78, 5) is 27.4. The highest BCUT2D eigenvalue weighted by molar-refractivity contribution is 6.30. The molecule has 0 aliphatic carbocycles. The van der Waals surface area contributed by atoms with Gasteiger partial charge in [0.1, 0.15) is 0 Å². The maximum atomic E-state index is 12.9. The van der Waals surface area contributed by atoms with Gasteiger partial charge in [0.05, 0.1) is 5.56 Å². The van der Waals surface area contributed by atoms with Gasteiger partial charge < -0.3 is 20.9 Å². The highest BCUT2D eigenvalue weighted by Crippen LogP contribution is 2.28. The van der Waals surface area contributed by atoms with Gasteiger partial charge in [-0.3, -0.25) is 4.79 Å². The van der Waals surface area contributed by atoms with E-state index in [1.54, 1.807) is 30.3 Å². The number of carbonyl (C=O) groups is 2. The van der Waals surface area contributed by atoms with E-state index in [2.05, 4.69) is 20.9 Å². The molecule has 0 bridgehead atoms. The lowest BCUT2D eigenvalue weighted by Gasteiger charge is -2.23. The van der Waals surface area contributed by atoms with E-state index in [0.29, 0.717) is 22.0 Å². The third-order valence-electron chi connectivity index (χ3n) is 5.04. The molecular weight excluding hydrogens is 388 g/mol. The fourth-order valence-corrected chi connectivity index (χ4v) is 3.39. The van der Waals surface area contributed by atoms with Crippen LogP contribution in [-0.4, -0.2) is 31.1 Å². The SMILES string of the molecule is CC[C@@H](C)NC(=O)c1cc(NC(=O)Nc2ccc(Cl)cc2)ccc1N1CCCC1. The second-order valence-electron chi connectivity index (χ2n) is 7.29. The van der Waals surface area contributed by atoms with Crippen LogP contribution in [0.25, 0.3) is 0 Å². The third-order valence-corrected chi connectivity index (χ3v) is 5.29. The Morgan fingerprint density at radius 1 is 1.03 bits per heavy atom. The molecule has 1 fully saturated rings. The zero-order chi connectivity index (χ0) is 20.8.